The van der Waals surface area contributed by atoms with Gasteiger partial charge in [-0.25, -0.2) is 0 Å². The highest BCUT2D eigenvalue weighted by atomic mass is 16.3. The van der Waals surface area contributed by atoms with Gasteiger partial charge in [0.25, 0.3) is 0 Å². The van der Waals surface area contributed by atoms with Crippen molar-refractivity contribution >= 4 is 0 Å². The van der Waals surface area contributed by atoms with E-state index in [9.17, 15) is 0 Å². The van der Waals surface area contributed by atoms with E-state index < -0.39 is 0 Å². The highest BCUT2D eigenvalue weighted by Gasteiger charge is 1.76. The van der Waals surface area contributed by atoms with Crippen molar-refractivity contribution in [3.63, 3.8) is 0 Å². The molecule has 0 heterocycles. The van der Waals surface area contributed by atoms with Gasteiger partial charge in [0.15, 0.2) is 0 Å². The van der Waals surface area contributed by atoms with Crippen LogP contribution in [0.2, 0.25) is 0 Å². The number of aliphatic hydroxyl groups is 2. The van der Waals surface area contributed by atoms with Gasteiger partial charge in [-0.2, -0.15) is 0 Å². The van der Waals surface area contributed by atoms with Crippen LogP contribution in [0.5, 0.6) is 0 Å². The number of aliphatic hydroxyl groups excluding tert-OH is 2. The quantitative estimate of drug-likeness (QED) is 0.421. The molecule has 0 aliphatic heterocycles. The first-order valence-electron chi connectivity index (χ1n) is 2.13. The molecule has 8 heavy (non-hydrogen) atoms. The van der Waals surface area contributed by atoms with Gasteiger partial charge in [0, 0.05) is 6.08 Å². The van der Waals surface area contributed by atoms with Crippen LogP contribution in [-0.4, -0.2) is 10.2 Å². The molecule has 0 aromatic carbocycles. The van der Waals surface area contributed by atoms with Crippen LogP contribution in [0, 0.1) is 0 Å². The average molecular weight is 112 g/mol. The van der Waals surface area contributed by atoms with Crippen molar-refractivity contribution < 1.29 is 10.2 Å². The van der Waals surface area contributed by atoms with E-state index in [0.717, 1.165) is 12.3 Å². The molecule has 0 spiro atoms. The van der Waals surface area contributed by atoms with Crippen molar-refractivity contribution in [3.05, 3.63) is 36.8 Å². The van der Waals surface area contributed by atoms with Crippen molar-refractivity contribution in [1.82, 2.24) is 0 Å². The first-order chi connectivity index (χ1) is 3.81. The van der Waals surface area contributed by atoms with E-state index >= 15 is 0 Å². The maximum absolute atomic E-state index is 8.59. The molecule has 0 saturated heterocycles. The highest BCUT2D eigenvalue weighted by molar-refractivity contribution is 5.13. The summed E-state index contributed by atoms with van der Waals surface area (Å²) in [7, 11) is 0. The van der Waals surface area contributed by atoms with Crippen molar-refractivity contribution in [1.29, 1.82) is 0 Å². The summed E-state index contributed by atoms with van der Waals surface area (Å²) >= 11 is 0. The molecular weight excluding hydrogens is 104 g/mol. The second kappa shape index (κ2) is 3.99. The lowest BCUT2D eigenvalue weighted by atomic mass is 10.4. The van der Waals surface area contributed by atoms with Gasteiger partial charge < -0.3 is 10.2 Å². The Morgan fingerprint density at radius 3 is 2.50 bits per heavy atom. The second-order valence-electron chi connectivity index (χ2n) is 1.14. The van der Waals surface area contributed by atoms with Crippen LogP contribution in [0.25, 0.3) is 0 Å². The van der Waals surface area contributed by atoms with E-state index in [-0.39, 0.29) is 5.76 Å². The van der Waals surface area contributed by atoms with E-state index in [1.165, 1.54) is 12.2 Å². The van der Waals surface area contributed by atoms with Crippen molar-refractivity contribution in [2.75, 3.05) is 0 Å². The van der Waals surface area contributed by atoms with E-state index in [4.69, 9.17) is 10.2 Å². The normalized spacial score (nSPS) is 12.2. The molecule has 0 unspecified atom stereocenters. The molecule has 2 nitrogen and oxygen atoms in total. The molecule has 0 fully saturated rings. The van der Waals surface area contributed by atoms with Crippen LogP contribution in [0.4, 0.5) is 0 Å². The lowest BCUT2D eigenvalue weighted by molar-refractivity contribution is 0.420. The van der Waals surface area contributed by atoms with Crippen LogP contribution >= 0.6 is 0 Å². The van der Waals surface area contributed by atoms with Crippen LogP contribution in [0.15, 0.2) is 36.8 Å². The topological polar surface area (TPSA) is 40.5 Å². The minimum absolute atomic E-state index is 0.0116. The first kappa shape index (κ1) is 6.82. The monoisotopic (exact) mass is 112 g/mol. The number of hydrogen-bond acceptors (Lipinski definition) is 2. The van der Waals surface area contributed by atoms with Gasteiger partial charge in [0.2, 0.25) is 0 Å². The Bertz CT molecular complexity index is 122. The third-order valence-electron chi connectivity index (χ3n) is 0.534. The number of allylic oxidation sites excluding steroid dienone is 3. The zero-order valence-electron chi connectivity index (χ0n) is 4.41. The molecule has 0 aliphatic rings. The third-order valence-corrected chi connectivity index (χ3v) is 0.534. The predicted octanol–water partition coefficient (Wildman–Crippen LogP) is 1.69. The second-order valence-corrected chi connectivity index (χ2v) is 1.14. The van der Waals surface area contributed by atoms with Gasteiger partial charge >= 0.3 is 0 Å². The summed E-state index contributed by atoms with van der Waals surface area (Å²) in [6.07, 6.45) is 4.71. The fourth-order valence-electron chi connectivity index (χ4n) is 0.253. The Kier molecular flexibility index (Phi) is 3.40. The smallest absolute Gasteiger partial charge is 0.118 e. The summed E-state index contributed by atoms with van der Waals surface area (Å²) in [6, 6.07) is 0. The fraction of sp³-hybridized carbons (Fsp3) is 0. The van der Waals surface area contributed by atoms with E-state index in [0.29, 0.717) is 0 Å². The maximum atomic E-state index is 8.59. The van der Waals surface area contributed by atoms with Gasteiger partial charge in [-0.3, -0.25) is 0 Å². The number of hydrogen-bond donors (Lipinski definition) is 2. The molecule has 2 heteroatoms. The van der Waals surface area contributed by atoms with Gasteiger partial charge in [0.1, 0.15) is 5.76 Å². The highest BCUT2D eigenvalue weighted by Crippen LogP contribution is 1.87. The SMILES string of the molecule is C=C/C=C(O)/C=C/O. The van der Waals surface area contributed by atoms with Crippen molar-refractivity contribution in [3.8, 4) is 0 Å². The molecule has 0 rings (SSSR count). The molecule has 2 N–H and O–H groups in total. The molecule has 0 atom stereocenters. The van der Waals surface area contributed by atoms with E-state index in [2.05, 4.69) is 6.58 Å². The zero-order chi connectivity index (χ0) is 6.41. The Hall–Kier alpha value is -1.18. The van der Waals surface area contributed by atoms with Gasteiger partial charge in [0.05, 0.1) is 6.26 Å². The molecule has 0 bridgehead atoms. The summed E-state index contributed by atoms with van der Waals surface area (Å²) in [5, 5.41) is 16.6. The van der Waals surface area contributed by atoms with Gasteiger partial charge in [-0.15, -0.1) is 0 Å². The molecule has 0 aromatic heterocycles. The molecule has 0 aromatic rings. The van der Waals surface area contributed by atoms with Crippen LogP contribution < -0.4 is 0 Å². The standard InChI is InChI=1S/C6H8O2/c1-2-3-6(8)4-5-7/h2-5,7-8H,1H2/b5-4+,6-3-. The molecule has 0 amide bonds. The van der Waals surface area contributed by atoms with Crippen molar-refractivity contribution in [2.24, 2.45) is 0 Å². The van der Waals surface area contributed by atoms with Gasteiger partial charge in [-0.05, 0) is 6.08 Å². The van der Waals surface area contributed by atoms with Gasteiger partial charge in [-0.1, -0.05) is 12.7 Å². The summed E-state index contributed by atoms with van der Waals surface area (Å²) < 4.78 is 0. The largest absolute Gasteiger partial charge is 0.515 e. The molecule has 44 valence electrons. The zero-order valence-corrected chi connectivity index (χ0v) is 4.41. The lowest BCUT2D eigenvalue weighted by Crippen LogP contribution is -1.69. The first-order valence-corrected chi connectivity index (χ1v) is 2.13. The van der Waals surface area contributed by atoms with E-state index in [1.807, 2.05) is 0 Å². The summed E-state index contributed by atoms with van der Waals surface area (Å²) in [5.41, 5.74) is 0. The minimum atomic E-state index is -0.0116. The van der Waals surface area contributed by atoms with E-state index in [1.54, 1.807) is 0 Å². The minimum Gasteiger partial charge on any atom is -0.515 e. The van der Waals surface area contributed by atoms with Crippen LogP contribution in [-0.2, 0) is 0 Å². The summed E-state index contributed by atoms with van der Waals surface area (Å²) in [4.78, 5) is 0. The van der Waals surface area contributed by atoms with Crippen LogP contribution in [0.3, 0.4) is 0 Å². The molecule has 0 saturated carbocycles. The lowest BCUT2D eigenvalue weighted by Gasteiger charge is -1.82. The van der Waals surface area contributed by atoms with Crippen LogP contribution in [0.1, 0.15) is 0 Å². The molecular formula is C6H8O2. The molecule has 0 aliphatic carbocycles. The summed E-state index contributed by atoms with van der Waals surface area (Å²) in [6.45, 7) is 3.33. The Labute approximate surface area is 48.1 Å². The van der Waals surface area contributed by atoms with Crippen molar-refractivity contribution in [2.45, 2.75) is 0 Å². The molecule has 0 radical (unpaired) electrons. The number of rotatable bonds is 2. The predicted molar refractivity (Wildman–Crippen MR) is 32.7 cm³/mol. The third kappa shape index (κ3) is 3.03. The fourth-order valence-corrected chi connectivity index (χ4v) is 0.253. The summed E-state index contributed by atoms with van der Waals surface area (Å²) in [5.74, 6) is -0.0116. The maximum Gasteiger partial charge on any atom is 0.118 e. The Balaban J connectivity index is 3.79. The Morgan fingerprint density at radius 1 is 1.50 bits per heavy atom. The average Bonchev–Trinajstić information content (AvgIpc) is 1.68. The Morgan fingerprint density at radius 2 is 2.12 bits per heavy atom.